The molecule has 0 spiro atoms. The quantitative estimate of drug-likeness (QED) is 0.763. The second-order valence-corrected chi connectivity index (χ2v) is 3.65. The molecule has 0 aromatic heterocycles. The number of halogens is 2. The Hall–Kier alpha value is -0.710. The van der Waals surface area contributed by atoms with Gasteiger partial charge < -0.3 is 5.11 Å². The maximum absolute atomic E-state index is 12.8. The lowest BCUT2D eigenvalue weighted by atomic mass is 10.0. The predicted octanol–water partition coefficient (Wildman–Crippen LogP) is 1.58. The summed E-state index contributed by atoms with van der Waals surface area (Å²) in [4.78, 5) is 12.4. The van der Waals surface area contributed by atoms with Crippen molar-refractivity contribution in [1.82, 2.24) is 4.90 Å². The SMILES string of the molecule is CC[C@@H](C(=O)O)N1CCC(F)(F)CC1. The topological polar surface area (TPSA) is 40.5 Å². The van der Waals surface area contributed by atoms with Gasteiger partial charge in [0.2, 0.25) is 0 Å². The molecular weight excluding hydrogens is 192 g/mol. The minimum absolute atomic E-state index is 0.178. The van der Waals surface area contributed by atoms with Crippen LogP contribution in [-0.4, -0.2) is 41.0 Å². The van der Waals surface area contributed by atoms with E-state index in [4.69, 9.17) is 5.11 Å². The molecule has 3 nitrogen and oxygen atoms in total. The van der Waals surface area contributed by atoms with Gasteiger partial charge in [-0.1, -0.05) is 6.92 Å². The number of carbonyl (C=O) groups is 1. The highest BCUT2D eigenvalue weighted by Crippen LogP contribution is 2.28. The average molecular weight is 207 g/mol. The van der Waals surface area contributed by atoms with E-state index in [1.165, 1.54) is 0 Å². The first-order valence-corrected chi connectivity index (χ1v) is 4.81. The Morgan fingerprint density at radius 3 is 2.36 bits per heavy atom. The molecule has 0 amide bonds. The summed E-state index contributed by atoms with van der Waals surface area (Å²) in [5.41, 5.74) is 0. The first kappa shape index (κ1) is 11.4. The van der Waals surface area contributed by atoms with Crippen molar-refractivity contribution in [1.29, 1.82) is 0 Å². The van der Waals surface area contributed by atoms with Crippen molar-refractivity contribution in [3.63, 3.8) is 0 Å². The van der Waals surface area contributed by atoms with E-state index in [0.717, 1.165) is 0 Å². The summed E-state index contributed by atoms with van der Waals surface area (Å²) in [6.45, 7) is 2.11. The number of carboxylic acids is 1. The summed E-state index contributed by atoms with van der Waals surface area (Å²) < 4.78 is 25.5. The van der Waals surface area contributed by atoms with Crippen LogP contribution >= 0.6 is 0 Å². The first-order chi connectivity index (χ1) is 6.46. The van der Waals surface area contributed by atoms with Gasteiger partial charge in [-0.25, -0.2) is 8.78 Å². The molecule has 1 saturated heterocycles. The summed E-state index contributed by atoms with van der Waals surface area (Å²) in [5.74, 6) is -3.52. The molecule has 0 radical (unpaired) electrons. The Bertz CT molecular complexity index is 211. The molecule has 0 aromatic carbocycles. The van der Waals surface area contributed by atoms with E-state index in [2.05, 4.69) is 0 Å². The monoisotopic (exact) mass is 207 g/mol. The fourth-order valence-electron chi connectivity index (χ4n) is 1.75. The van der Waals surface area contributed by atoms with E-state index in [1.54, 1.807) is 11.8 Å². The standard InChI is InChI=1S/C9H15F2NO2/c1-2-7(8(13)14)12-5-3-9(10,11)4-6-12/h7H,2-6H2,1H3,(H,13,14)/t7-/m0/s1. The average Bonchev–Trinajstić information content (AvgIpc) is 2.08. The summed E-state index contributed by atoms with van der Waals surface area (Å²) in [5, 5.41) is 8.83. The zero-order valence-corrected chi connectivity index (χ0v) is 8.17. The molecule has 0 unspecified atom stereocenters. The van der Waals surface area contributed by atoms with Gasteiger partial charge in [-0.05, 0) is 6.42 Å². The van der Waals surface area contributed by atoms with E-state index in [1.807, 2.05) is 0 Å². The zero-order valence-electron chi connectivity index (χ0n) is 8.17. The smallest absolute Gasteiger partial charge is 0.320 e. The van der Waals surface area contributed by atoms with Crippen LogP contribution in [0.2, 0.25) is 0 Å². The Labute approximate surface area is 81.7 Å². The minimum Gasteiger partial charge on any atom is -0.480 e. The van der Waals surface area contributed by atoms with Crippen LogP contribution in [0, 0.1) is 0 Å². The second-order valence-electron chi connectivity index (χ2n) is 3.65. The molecule has 1 fully saturated rings. The van der Waals surface area contributed by atoms with Crippen molar-refractivity contribution in [3.05, 3.63) is 0 Å². The number of nitrogens with zero attached hydrogens (tertiary/aromatic N) is 1. The van der Waals surface area contributed by atoms with E-state index < -0.39 is 17.9 Å². The summed E-state index contributed by atoms with van der Waals surface area (Å²) >= 11 is 0. The molecule has 0 saturated carbocycles. The molecule has 0 aromatic rings. The molecule has 1 atom stereocenters. The lowest BCUT2D eigenvalue weighted by Gasteiger charge is -2.35. The number of alkyl halides is 2. The second kappa shape index (κ2) is 4.21. The summed E-state index contributed by atoms with van der Waals surface area (Å²) in [7, 11) is 0. The van der Waals surface area contributed by atoms with Gasteiger partial charge in [-0.15, -0.1) is 0 Å². The molecule has 1 aliphatic rings. The largest absolute Gasteiger partial charge is 0.480 e. The number of likely N-dealkylation sites (tertiary alicyclic amines) is 1. The molecule has 1 rings (SSSR count). The van der Waals surface area contributed by atoms with E-state index >= 15 is 0 Å². The molecule has 1 heterocycles. The maximum Gasteiger partial charge on any atom is 0.320 e. The molecule has 1 N–H and O–H groups in total. The highest BCUT2D eigenvalue weighted by Gasteiger charge is 2.37. The number of carboxylic acid groups (broad SMARTS) is 1. The number of hydrogen-bond donors (Lipinski definition) is 1. The summed E-state index contributed by atoms with van der Waals surface area (Å²) in [6.07, 6.45) is 0.00840. The minimum atomic E-state index is -2.60. The van der Waals surface area contributed by atoms with Gasteiger partial charge in [-0.3, -0.25) is 9.69 Å². The number of hydrogen-bond acceptors (Lipinski definition) is 2. The zero-order chi connectivity index (χ0) is 10.8. The maximum atomic E-state index is 12.8. The van der Waals surface area contributed by atoms with Crippen LogP contribution in [-0.2, 0) is 4.79 Å². The van der Waals surface area contributed by atoms with Crippen molar-refractivity contribution >= 4 is 5.97 Å². The lowest BCUT2D eigenvalue weighted by molar-refractivity contribution is -0.146. The molecule has 0 bridgehead atoms. The Morgan fingerprint density at radius 2 is 2.00 bits per heavy atom. The predicted molar refractivity (Wildman–Crippen MR) is 47.5 cm³/mol. The molecule has 0 aliphatic carbocycles. The highest BCUT2D eigenvalue weighted by molar-refractivity contribution is 5.73. The van der Waals surface area contributed by atoms with Gasteiger partial charge in [0.25, 0.3) is 5.92 Å². The van der Waals surface area contributed by atoms with Gasteiger partial charge in [0.15, 0.2) is 0 Å². The van der Waals surface area contributed by atoms with Crippen LogP contribution < -0.4 is 0 Å². The highest BCUT2D eigenvalue weighted by atomic mass is 19.3. The fourth-order valence-corrected chi connectivity index (χ4v) is 1.75. The number of rotatable bonds is 3. The van der Waals surface area contributed by atoms with Gasteiger partial charge in [0.1, 0.15) is 6.04 Å². The third-order valence-electron chi connectivity index (χ3n) is 2.64. The van der Waals surface area contributed by atoms with Crippen molar-refractivity contribution in [2.24, 2.45) is 0 Å². The van der Waals surface area contributed by atoms with Crippen LogP contribution in [0.5, 0.6) is 0 Å². The van der Waals surface area contributed by atoms with E-state index in [-0.39, 0.29) is 25.9 Å². The molecular formula is C9H15F2NO2. The van der Waals surface area contributed by atoms with Crippen LogP contribution in [0.25, 0.3) is 0 Å². The van der Waals surface area contributed by atoms with Crippen LogP contribution in [0.15, 0.2) is 0 Å². The Balaban J connectivity index is 2.51. The normalized spacial score (nSPS) is 24.5. The third kappa shape index (κ3) is 2.64. The molecule has 1 aliphatic heterocycles. The van der Waals surface area contributed by atoms with Crippen LogP contribution in [0.1, 0.15) is 26.2 Å². The van der Waals surface area contributed by atoms with Crippen molar-refractivity contribution in [2.45, 2.75) is 38.2 Å². The third-order valence-corrected chi connectivity index (χ3v) is 2.64. The van der Waals surface area contributed by atoms with Gasteiger partial charge >= 0.3 is 5.97 Å². The molecule has 14 heavy (non-hydrogen) atoms. The lowest BCUT2D eigenvalue weighted by Crippen LogP contribution is -2.48. The van der Waals surface area contributed by atoms with Gasteiger partial charge in [0.05, 0.1) is 0 Å². The molecule has 5 heteroatoms. The van der Waals surface area contributed by atoms with E-state index in [9.17, 15) is 13.6 Å². The van der Waals surface area contributed by atoms with Gasteiger partial charge in [-0.2, -0.15) is 0 Å². The van der Waals surface area contributed by atoms with Crippen LogP contribution in [0.3, 0.4) is 0 Å². The molecule has 82 valence electrons. The fraction of sp³-hybridized carbons (Fsp3) is 0.889. The Morgan fingerprint density at radius 1 is 1.50 bits per heavy atom. The van der Waals surface area contributed by atoms with Crippen molar-refractivity contribution in [3.8, 4) is 0 Å². The number of piperidine rings is 1. The van der Waals surface area contributed by atoms with Crippen LogP contribution in [0.4, 0.5) is 8.78 Å². The first-order valence-electron chi connectivity index (χ1n) is 4.81. The van der Waals surface area contributed by atoms with E-state index in [0.29, 0.717) is 6.42 Å². The number of aliphatic carboxylic acids is 1. The van der Waals surface area contributed by atoms with Gasteiger partial charge in [0, 0.05) is 25.9 Å². The Kier molecular flexibility index (Phi) is 3.42. The van der Waals surface area contributed by atoms with Crippen molar-refractivity contribution in [2.75, 3.05) is 13.1 Å². The summed E-state index contributed by atoms with van der Waals surface area (Å²) in [6, 6.07) is -0.605. The van der Waals surface area contributed by atoms with Crippen molar-refractivity contribution < 1.29 is 18.7 Å².